The van der Waals surface area contributed by atoms with E-state index in [1.165, 1.54) is 5.56 Å². The van der Waals surface area contributed by atoms with Crippen LogP contribution >= 0.6 is 0 Å². The third kappa shape index (κ3) is 6.63. The fourth-order valence-electron chi connectivity index (χ4n) is 1.92. The van der Waals surface area contributed by atoms with Crippen molar-refractivity contribution in [3.05, 3.63) is 29.8 Å². The van der Waals surface area contributed by atoms with Crippen LogP contribution in [0.1, 0.15) is 52.1 Å². The van der Waals surface area contributed by atoms with E-state index in [2.05, 4.69) is 30.5 Å². The van der Waals surface area contributed by atoms with Crippen LogP contribution in [0.25, 0.3) is 0 Å². The molecule has 0 aliphatic carbocycles. The number of ether oxygens (including phenoxy) is 1. The first-order valence-corrected chi connectivity index (χ1v) is 7.82. The quantitative estimate of drug-likeness (QED) is 0.735. The van der Waals surface area contributed by atoms with Gasteiger partial charge in [-0.05, 0) is 50.9 Å². The van der Waals surface area contributed by atoms with Crippen LogP contribution in [0.4, 0.5) is 0 Å². The Labute approximate surface area is 128 Å². The fourth-order valence-corrected chi connectivity index (χ4v) is 1.92. The van der Waals surface area contributed by atoms with Crippen LogP contribution in [-0.2, 0) is 4.79 Å². The van der Waals surface area contributed by atoms with Crippen molar-refractivity contribution in [1.82, 2.24) is 10.6 Å². The van der Waals surface area contributed by atoms with Gasteiger partial charge in [-0.2, -0.15) is 0 Å². The molecule has 0 radical (unpaired) electrons. The number of rotatable bonds is 9. The molecule has 1 aromatic carbocycles. The zero-order valence-corrected chi connectivity index (χ0v) is 13.6. The molecule has 4 heteroatoms. The minimum absolute atomic E-state index is 0.0601. The van der Waals surface area contributed by atoms with Gasteiger partial charge in [-0.3, -0.25) is 4.79 Å². The van der Waals surface area contributed by atoms with Crippen molar-refractivity contribution in [2.75, 3.05) is 13.2 Å². The predicted octanol–water partition coefficient (Wildman–Crippen LogP) is 3.04. The molecular weight excluding hydrogens is 264 g/mol. The van der Waals surface area contributed by atoms with Crippen LogP contribution in [0.2, 0.25) is 0 Å². The molecule has 1 aromatic rings. The van der Waals surface area contributed by atoms with Crippen molar-refractivity contribution in [3.8, 4) is 5.75 Å². The van der Waals surface area contributed by atoms with Crippen LogP contribution < -0.4 is 15.4 Å². The summed E-state index contributed by atoms with van der Waals surface area (Å²) in [6.45, 7) is 9.35. The van der Waals surface area contributed by atoms with Gasteiger partial charge in [-0.25, -0.2) is 0 Å². The van der Waals surface area contributed by atoms with Crippen molar-refractivity contribution in [1.29, 1.82) is 0 Å². The molecule has 0 saturated carbocycles. The second-order valence-corrected chi connectivity index (χ2v) is 5.41. The Morgan fingerprint density at radius 1 is 1.29 bits per heavy atom. The first-order chi connectivity index (χ1) is 10.1. The number of amides is 1. The van der Waals surface area contributed by atoms with Gasteiger partial charge in [-0.15, -0.1) is 0 Å². The highest BCUT2D eigenvalue weighted by Crippen LogP contribution is 2.19. The first kappa shape index (κ1) is 17.5. The first-order valence-electron chi connectivity index (χ1n) is 7.82. The molecule has 0 aromatic heterocycles. The lowest BCUT2D eigenvalue weighted by Gasteiger charge is -2.15. The second-order valence-electron chi connectivity index (χ2n) is 5.41. The summed E-state index contributed by atoms with van der Waals surface area (Å²) >= 11 is 0. The highest BCUT2D eigenvalue weighted by Gasteiger charge is 2.08. The maximum atomic E-state index is 11.7. The van der Waals surface area contributed by atoms with Gasteiger partial charge in [0.05, 0.1) is 0 Å². The lowest BCUT2D eigenvalue weighted by molar-refractivity contribution is -0.123. The van der Waals surface area contributed by atoms with E-state index in [0.29, 0.717) is 0 Å². The normalized spacial score (nSPS) is 13.5. The topological polar surface area (TPSA) is 50.4 Å². The molecule has 0 saturated heterocycles. The zero-order chi connectivity index (χ0) is 15.7. The monoisotopic (exact) mass is 292 g/mol. The average Bonchev–Trinajstić information content (AvgIpc) is 2.50. The van der Waals surface area contributed by atoms with E-state index < -0.39 is 0 Å². The summed E-state index contributed by atoms with van der Waals surface area (Å²) in [7, 11) is 0. The van der Waals surface area contributed by atoms with Gasteiger partial charge in [0.2, 0.25) is 0 Å². The third-order valence-electron chi connectivity index (χ3n) is 3.45. The molecule has 1 amide bonds. The number of hydrogen-bond donors (Lipinski definition) is 2. The lowest BCUT2D eigenvalue weighted by Crippen LogP contribution is -2.35. The van der Waals surface area contributed by atoms with Crippen LogP contribution in [0.3, 0.4) is 0 Å². The molecule has 0 aliphatic heterocycles. The van der Waals surface area contributed by atoms with Crippen LogP contribution in [0, 0.1) is 0 Å². The minimum atomic E-state index is -0.0769. The Balaban J connectivity index is 2.50. The van der Waals surface area contributed by atoms with Gasteiger partial charge in [0.1, 0.15) is 5.75 Å². The number of carbonyl (C=O) groups excluding carboxylic acids is 1. The third-order valence-corrected chi connectivity index (χ3v) is 3.45. The van der Waals surface area contributed by atoms with Gasteiger partial charge >= 0.3 is 0 Å². The smallest absolute Gasteiger partial charge is 0.258 e. The lowest BCUT2D eigenvalue weighted by atomic mass is 10.1. The van der Waals surface area contributed by atoms with Gasteiger partial charge < -0.3 is 15.4 Å². The molecule has 2 N–H and O–H groups in total. The molecule has 4 nitrogen and oxygen atoms in total. The predicted molar refractivity (Wildman–Crippen MR) is 86.5 cm³/mol. The molecular formula is C17H28N2O2. The Kier molecular flexibility index (Phi) is 7.83. The van der Waals surface area contributed by atoms with E-state index in [0.717, 1.165) is 25.1 Å². The summed E-state index contributed by atoms with van der Waals surface area (Å²) in [6.07, 6.45) is 2.03. The second kappa shape index (κ2) is 9.40. The molecule has 0 aliphatic rings. The maximum Gasteiger partial charge on any atom is 0.258 e. The van der Waals surface area contributed by atoms with Crippen molar-refractivity contribution >= 4 is 5.91 Å². The summed E-state index contributed by atoms with van der Waals surface area (Å²) in [6, 6.07) is 8.37. The summed E-state index contributed by atoms with van der Waals surface area (Å²) in [5, 5.41) is 6.33. The van der Waals surface area contributed by atoms with Crippen molar-refractivity contribution in [2.24, 2.45) is 0 Å². The molecule has 0 heterocycles. The summed E-state index contributed by atoms with van der Waals surface area (Å²) in [5.41, 5.74) is 1.17. The molecule has 0 spiro atoms. The standard InChI is InChI=1S/C17H28N2O2/c1-5-10-18-14(4)15-8-7-9-16(11-15)21-12-17(20)19-13(3)6-2/h7-9,11,13-14,18H,5-6,10,12H2,1-4H3,(H,19,20). The molecule has 1 rings (SSSR count). The number of hydrogen-bond acceptors (Lipinski definition) is 3. The van der Waals surface area contributed by atoms with Crippen molar-refractivity contribution in [2.45, 2.75) is 52.6 Å². The van der Waals surface area contributed by atoms with E-state index in [4.69, 9.17) is 4.74 Å². The van der Waals surface area contributed by atoms with Gasteiger partial charge in [0.25, 0.3) is 5.91 Å². The summed E-state index contributed by atoms with van der Waals surface area (Å²) in [5.74, 6) is 0.656. The Bertz CT molecular complexity index is 435. The Hall–Kier alpha value is -1.55. The largest absolute Gasteiger partial charge is 0.484 e. The van der Waals surface area contributed by atoms with E-state index in [1.807, 2.05) is 32.0 Å². The van der Waals surface area contributed by atoms with Crippen LogP contribution in [0.15, 0.2) is 24.3 Å². The number of benzene rings is 1. The molecule has 21 heavy (non-hydrogen) atoms. The van der Waals surface area contributed by atoms with E-state index in [1.54, 1.807) is 0 Å². The highest BCUT2D eigenvalue weighted by molar-refractivity contribution is 5.77. The molecule has 118 valence electrons. The van der Waals surface area contributed by atoms with E-state index >= 15 is 0 Å². The molecule has 0 bridgehead atoms. The molecule has 0 fully saturated rings. The Morgan fingerprint density at radius 2 is 2.05 bits per heavy atom. The zero-order valence-electron chi connectivity index (χ0n) is 13.6. The minimum Gasteiger partial charge on any atom is -0.484 e. The van der Waals surface area contributed by atoms with Crippen molar-refractivity contribution < 1.29 is 9.53 Å². The number of carbonyl (C=O) groups is 1. The van der Waals surface area contributed by atoms with Crippen LogP contribution in [-0.4, -0.2) is 25.1 Å². The van der Waals surface area contributed by atoms with E-state index in [9.17, 15) is 4.79 Å². The SMILES string of the molecule is CCCNC(C)c1cccc(OCC(=O)NC(C)CC)c1. The Morgan fingerprint density at radius 3 is 2.71 bits per heavy atom. The highest BCUT2D eigenvalue weighted by atomic mass is 16.5. The fraction of sp³-hybridized carbons (Fsp3) is 0.588. The van der Waals surface area contributed by atoms with Crippen molar-refractivity contribution in [3.63, 3.8) is 0 Å². The molecule has 2 atom stereocenters. The molecule has 2 unspecified atom stereocenters. The van der Waals surface area contributed by atoms with Gasteiger partial charge in [0, 0.05) is 12.1 Å². The summed E-state index contributed by atoms with van der Waals surface area (Å²) in [4.78, 5) is 11.7. The maximum absolute atomic E-state index is 11.7. The van der Waals surface area contributed by atoms with E-state index in [-0.39, 0.29) is 24.6 Å². The van der Waals surface area contributed by atoms with Gasteiger partial charge in [-0.1, -0.05) is 26.0 Å². The summed E-state index contributed by atoms with van der Waals surface area (Å²) < 4.78 is 5.57. The average molecular weight is 292 g/mol. The number of nitrogens with one attached hydrogen (secondary N) is 2. The van der Waals surface area contributed by atoms with Gasteiger partial charge in [0.15, 0.2) is 6.61 Å². The van der Waals surface area contributed by atoms with Crippen LogP contribution in [0.5, 0.6) is 5.75 Å².